The highest BCUT2D eigenvalue weighted by Crippen LogP contribution is 2.20. The molecule has 0 amide bonds. The monoisotopic (exact) mass is 229 g/mol. The number of unbranched alkanes of at least 4 members (excludes halogenated alkanes) is 1. The van der Waals surface area contributed by atoms with Gasteiger partial charge in [0.2, 0.25) is 0 Å². The molecule has 0 aromatic rings. The Labute approximate surface area is 99.7 Å². The van der Waals surface area contributed by atoms with Crippen LogP contribution in [0.15, 0.2) is 0 Å². The van der Waals surface area contributed by atoms with Crippen LogP contribution in [0.2, 0.25) is 0 Å². The van der Waals surface area contributed by atoms with Crippen LogP contribution in [0.3, 0.4) is 0 Å². The lowest BCUT2D eigenvalue weighted by molar-refractivity contribution is -0.144. The van der Waals surface area contributed by atoms with E-state index >= 15 is 0 Å². The Morgan fingerprint density at radius 3 is 2.50 bits per heavy atom. The number of ether oxygens (including phenoxy) is 1. The summed E-state index contributed by atoms with van der Waals surface area (Å²) in [6.45, 7) is 7.72. The Bertz CT molecular complexity index is 181. The molecule has 0 rings (SSSR count). The number of nitrogens with two attached hydrogens (primary N) is 1. The SMILES string of the molecule is CCCCOC(=O)CCC(CCN)C(C)C. The zero-order valence-electron chi connectivity index (χ0n) is 11.0. The fraction of sp³-hybridized carbons (Fsp3) is 0.923. The van der Waals surface area contributed by atoms with Crippen molar-refractivity contribution >= 4 is 5.97 Å². The maximum atomic E-state index is 11.4. The topological polar surface area (TPSA) is 52.3 Å². The zero-order chi connectivity index (χ0) is 12.4. The summed E-state index contributed by atoms with van der Waals surface area (Å²) in [5, 5.41) is 0. The molecule has 0 heterocycles. The van der Waals surface area contributed by atoms with Gasteiger partial charge in [-0.25, -0.2) is 0 Å². The van der Waals surface area contributed by atoms with Crippen LogP contribution in [0.1, 0.15) is 52.9 Å². The minimum absolute atomic E-state index is 0.0591. The molecular weight excluding hydrogens is 202 g/mol. The predicted octanol–water partition coefficient (Wildman–Crippen LogP) is 2.73. The second-order valence-corrected chi connectivity index (χ2v) is 4.69. The molecule has 2 N–H and O–H groups in total. The lowest BCUT2D eigenvalue weighted by atomic mass is 9.88. The van der Waals surface area contributed by atoms with Gasteiger partial charge in [0.05, 0.1) is 6.61 Å². The van der Waals surface area contributed by atoms with Gasteiger partial charge in [-0.15, -0.1) is 0 Å². The van der Waals surface area contributed by atoms with E-state index in [2.05, 4.69) is 20.8 Å². The average molecular weight is 229 g/mol. The first-order chi connectivity index (χ1) is 7.61. The van der Waals surface area contributed by atoms with Crippen LogP contribution in [0.25, 0.3) is 0 Å². The first kappa shape index (κ1) is 15.4. The van der Waals surface area contributed by atoms with Crippen LogP contribution < -0.4 is 5.73 Å². The summed E-state index contributed by atoms with van der Waals surface area (Å²) in [6.07, 6.45) is 4.46. The summed E-state index contributed by atoms with van der Waals surface area (Å²) in [6, 6.07) is 0. The van der Waals surface area contributed by atoms with Crippen molar-refractivity contribution in [3.8, 4) is 0 Å². The van der Waals surface area contributed by atoms with Gasteiger partial charge in [-0.2, -0.15) is 0 Å². The standard InChI is InChI=1S/C13H27NO2/c1-4-5-10-16-13(15)7-6-12(8-9-14)11(2)3/h11-12H,4-10,14H2,1-3H3. The molecule has 0 saturated heterocycles. The molecule has 0 aromatic heterocycles. The summed E-state index contributed by atoms with van der Waals surface area (Å²) >= 11 is 0. The van der Waals surface area contributed by atoms with Gasteiger partial charge in [0.25, 0.3) is 0 Å². The minimum atomic E-state index is -0.0591. The van der Waals surface area contributed by atoms with E-state index in [1.165, 1.54) is 0 Å². The maximum Gasteiger partial charge on any atom is 0.305 e. The van der Waals surface area contributed by atoms with E-state index in [0.717, 1.165) is 25.7 Å². The van der Waals surface area contributed by atoms with Crippen molar-refractivity contribution in [3.63, 3.8) is 0 Å². The van der Waals surface area contributed by atoms with Gasteiger partial charge >= 0.3 is 5.97 Å². The van der Waals surface area contributed by atoms with Crippen molar-refractivity contribution in [2.75, 3.05) is 13.2 Å². The Morgan fingerprint density at radius 2 is 2.00 bits per heavy atom. The van der Waals surface area contributed by atoms with Crippen molar-refractivity contribution < 1.29 is 9.53 Å². The maximum absolute atomic E-state index is 11.4. The molecule has 1 unspecified atom stereocenters. The molecule has 0 aliphatic carbocycles. The van der Waals surface area contributed by atoms with Crippen molar-refractivity contribution in [2.45, 2.75) is 52.9 Å². The average Bonchev–Trinajstić information content (AvgIpc) is 2.24. The van der Waals surface area contributed by atoms with Gasteiger partial charge in [-0.05, 0) is 37.6 Å². The number of hydrogen-bond acceptors (Lipinski definition) is 3. The number of carbonyl (C=O) groups is 1. The second kappa shape index (κ2) is 9.64. The van der Waals surface area contributed by atoms with Crippen molar-refractivity contribution in [2.24, 2.45) is 17.6 Å². The normalized spacial score (nSPS) is 12.8. The highest BCUT2D eigenvalue weighted by atomic mass is 16.5. The third-order valence-corrected chi connectivity index (χ3v) is 2.96. The molecule has 0 radical (unpaired) electrons. The van der Waals surface area contributed by atoms with Gasteiger partial charge in [0.15, 0.2) is 0 Å². The molecule has 96 valence electrons. The van der Waals surface area contributed by atoms with Crippen molar-refractivity contribution in [1.29, 1.82) is 0 Å². The number of hydrogen-bond donors (Lipinski definition) is 1. The molecule has 0 aliphatic heterocycles. The number of rotatable bonds is 9. The van der Waals surface area contributed by atoms with E-state index in [9.17, 15) is 4.79 Å². The molecule has 0 aromatic carbocycles. The summed E-state index contributed by atoms with van der Waals surface area (Å²) < 4.78 is 5.12. The molecule has 1 atom stereocenters. The van der Waals surface area contributed by atoms with Crippen molar-refractivity contribution in [1.82, 2.24) is 0 Å². The van der Waals surface area contributed by atoms with Gasteiger partial charge < -0.3 is 10.5 Å². The van der Waals surface area contributed by atoms with Gasteiger partial charge in [0.1, 0.15) is 0 Å². The van der Waals surface area contributed by atoms with Crippen molar-refractivity contribution in [3.05, 3.63) is 0 Å². The largest absolute Gasteiger partial charge is 0.466 e. The molecule has 16 heavy (non-hydrogen) atoms. The van der Waals surface area contributed by atoms with Gasteiger partial charge in [0, 0.05) is 6.42 Å². The quantitative estimate of drug-likeness (QED) is 0.488. The van der Waals surface area contributed by atoms with Crippen LogP contribution in [0, 0.1) is 11.8 Å². The van der Waals surface area contributed by atoms with Crippen LogP contribution in [-0.4, -0.2) is 19.1 Å². The van der Waals surface area contributed by atoms with E-state index in [4.69, 9.17) is 10.5 Å². The van der Waals surface area contributed by atoms with E-state index in [-0.39, 0.29) is 5.97 Å². The highest BCUT2D eigenvalue weighted by Gasteiger charge is 2.14. The molecule has 3 nitrogen and oxygen atoms in total. The van der Waals surface area contributed by atoms with Crippen LogP contribution >= 0.6 is 0 Å². The molecule has 0 spiro atoms. The first-order valence-electron chi connectivity index (χ1n) is 6.47. The van der Waals surface area contributed by atoms with Crippen LogP contribution in [0.5, 0.6) is 0 Å². The summed E-state index contributed by atoms with van der Waals surface area (Å²) in [5.74, 6) is 1.08. The third kappa shape index (κ3) is 7.69. The Hall–Kier alpha value is -0.570. The Morgan fingerprint density at radius 1 is 1.31 bits per heavy atom. The second-order valence-electron chi connectivity index (χ2n) is 4.69. The lowest BCUT2D eigenvalue weighted by Crippen LogP contribution is -2.16. The zero-order valence-corrected chi connectivity index (χ0v) is 11.0. The van der Waals surface area contributed by atoms with Crippen LogP contribution in [0.4, 0.5) is 0 Å². The Balaban J connectivity index is 3.69. The number of esters is 1. The van der Waals surface area contributed by atoms with E-state index < -0.39 is 0 Å². The van der Waals surface area contributed by atoms with E-state index in [0.29, 0.717) is 31.4 Å². The molecule has 0 bridgehead atoms. The fourth-order valence-electron chi connectivity index (χ4n) is 1.73. The molecular formula is C13H27NO2. The Kier molecular flexibility index (Phi) is 9.30. The minimum Gasteiger partial charge on any atom is -0.466 e. The van der Waals surface area contributed by atoms with Gasteiger partial charge in [-0.3, -0.25) is 4.79 Å². The summed E-state index contributed by atoms with van der Waals surface area (Å²) in [4.78, 5) is 11.4. The molecule has 0 saturated carbocycles. The predicted molar refractivity (Wildman–Crippen MR) is 67.1 cm³/mol. The smallest absolute Gasteiger partial charge is 0.305 e. The highest BCUT2D eigenvalue weighted by molar-refractivity contribution is 5.69. The molecule has 3 heteroatoms. The van der Waals surface area contributed by atoms with Crippen LogP contribution in [-0.2, 0) is 9.53 Å². The summed E-state index contributed by atoms with van der Waals surface area (Å²) in [5.41, 5.74) is 5.56. The fourth-order valence-corrected chi connectivity index (χ4v) is 1.73. The summed E-state index contributed by atoms with van der Waals surface area (Å²) in [7, 11) is 0. The van der Waals surface area contributed by atoms with E-state index in [1.54, 1.807) is 0 Å². The lowest BCUT2D eigenvalue weighted by Gasteiger charge is -2.19. The third-order valence-electron chi connectivity index (χ3n) is 2.96. The number of carbonyl (C=O) groups excluding carboxylic acids is 1. The molecule has 0 aliphatic rings. The first-order valence-corrected chi connectivity index (χ1v) is 6.47. The van der Waals surface area contributed by atoms with E-state index in [1.807, 2.05) is 0 Å². The van der Waals surface area contributed by atoms with Gasteiger partial charge in [-0.1, -0.05) is 27.2 Å². The molecule has 0 fully saturated rings.